The van der Waals surface area contributed by atoms with Crippen LogP contribution in [0.15, 0.2) is 72.0 Å². The van der Waals surface area contributed by atoms with Crippen LogP contribution in [0, 0.1) is 0 Å². The molecular weight excluding hydrogens is 473 g/mol. The summed E-state index contributed by atoms with van der Waals surface area (Å²) >= 11 is 0. The molecule has 0 bridgehead atoms. The Labute approximate surface area is 190 Å². The third-order valence-corrected chi connectivity index (χ3v) is 4.88. The van der Waals surface area contributed by atoms with E-state index in [0.29, 0.717) is 6.54 Å². The van der Waals surface area contributed by atoms with E-state index in [0.717, 1.165) is 24.7 Å². The highest BCUT2D eigenvalue weighted by atomic mass is 127. The zero-order valence-electron chi connectivity index (χ0n) is 17.3. The van der Waals surface area contributed by atoms with Crippen LogP contribution in [0.5, 0.6) is 0 Å². The number of aliphatic imine (C=N–C) groups is 1. The van der Waals surface area contributed by atoms with Crippen LogP contribution in [0.3, 0.4) is 0 Å². The first kappa shape index (κ1) is 22.9. The molecule has 2 N–H and O–H groups in total. The Balaban J connectivity index is 0.00000300. The number of aromatic nitrogens is 2. The van der Waals surface area contributed by atoms with Gasteiger partial charge in [0.25, 0.3) is 0 Å². The molecule has 6 heteroatoms. The largest absolute Gasteiger partial charge is 0.350 e. The standard InChI is InChI=1S/C23H29N5.HI/c1-4-19-10-12-21(13-11-19)18(2)27-23(24-3)26-16-22-25-14-15-28(22)17-20-8-6-5-7-9-20;/h5-15,18H,4,16-17H2,1-3H3,(H2,24,26,27);1H. The Morgan fingerprint density at radius 1 is 1.07 bits per heavy atom. The molecule has 2 aromatic carbocycles. The van der Waals surface area contributed by atoms with Gasteiger partial charge in [0.1, 0.15) is 5.82 Å². The van der Waals surface area contributed by atoms with E-state index in [-0.39, 0.29) is 30.0 Å². The molecule has 1 unspecified atom stereocenters. The molecule has 0 amide bonds. The molecule has 1 heterocycles. The van der Waals surface area contributed by atoms with Crippen LogP contribution in [-0.4, -0.2) is 22.6 Å². The first-order valence-corrected chi connectivity index (χ1v) is 9.79. The molecule has 29 heavy (non-hydrogen) atoms. The van der Waals surface area contributed by atoms with Crippen molar-refractivity contribution in [2.45, 2.75) is 39.4 Å². The Morgan fingerprint density at radius 2 is 1.79 bits per heavy atom. The number of imidazole rings is 1. The normalized spacial score (nSPS) is 12.2. The van der Waals surface area contributed by atoms with Gasteiger partial charge in [0.2, 0.25) is 0 Å². The third kappa shape index (κ3) is 6.59. The predicted octanol–water partition coefficient (Wildman–Crippen LogP) is 4.54. The molecule has 0 aliphatic carbocycles. The molecule has 3 aromatic rings. The topological polar surface area (TPSA) is 54.2 Å². The highest BCUT2D eigenvalue weighted by Crippen LogP contribution is 2.13. The number of hydrogen-bond donors (Lipinski definition) is 2. The Hall–Kier alpha value is -2.35. The van der Waals surface area contributed by atoms with Gasteiger partial charge in [0, 0.05) is 26.0 Å². The number of halogens is 1. The maximum Gasteiger partial charge on any atom is 0.191 e. The molecular formula is C23H30IN5. The van der Waals surface area contributed by atoms with Crippen LogP contribution >= 0.6 is 24.0 Å². The molecule has 0 saturated heterocycles. The Morgan fingerprint density at radius 3 is 2.45 bits per heavy atom. The number of guanidine groups is 1. The highest BCUT2D eigenvalue weighted by molar-refractivity contribution is 14.0. The zero-order valence-corrected chi connectivity index (χ0v) is 19.6. The minimum Gasteiger partial charge on any atom is -0.350 e. The molecule has 154 valence electrons. The van der Waals surface area contributed by atoms with Crippen molar-refractivity contribution in [1.29, 1.82) is 0 Å². The summed E-state index contributed by atoms with van der Waals surface area (Å²) in [5, 5.41) is 6.83. The van der Waals surface area contributed by atoms with Gasteiger partial charge in [-0.2, -0.15) is 0 Å². The maximum atomic E-state index is 4.49. The van der Waals surface area contributed by atoms with Gasteiger partial charge in [0.05, 0.1) is 12.6 Å². The maximum absolute atomic E-state index is 4.49. The van der Waals surface area contributed by atoms with E-state index in [1.807, 2.05) is 18.5 Å². The smallest absolute Gasteiger partial charge is 0.191 e. The lowest BCUT2D eigenvalue weighted by Gasteiger charge is -2.19. The predicted molar refractivity (Wildman–Crippen MR) is 131 cm³/mol. The fourth-order valence-electron chi connectivity index (χ4n) is 3.12. The summed E-state index contributed by atoms with van der Waals surface area (Å²) in [5.41, 5.74) is 3.85. The Kier molecular flexibility index (Phi) is 9.18. The van der Waals surface area contributed by atoms with E-state index in [1.165, 1.54) is 16.7 Å². The monoisotopic (exact) mass is 503 g/mol. The summed E-state index contributed by atoms with van der Waals surface area (Å²) in [5.74, 6) is 1.74. The van der Waals surface area contributed by atoms with Gasteiger partial charge in [-0.3, -0.25) is 4.99 Å². The van der Waals surface area contributed by atoms with E-state index < -0.39 is 0 Å². The molecule has 0 spiro atoms. The van der Waals surface area contributed by atoms with Crippen LogP contribution < -0.4 is 10.6 Å². The number of nitrogens with zero attached hydrogens (tertiary/aromatic N) is 3. The second-order valence-electron chi connectivity index (χ2n) is 6.84. The van der Waals surface area contributed by atoms with Gasteiger partial charge in [-0.05, 0) is 30.0 Å². The lowest BCUT2D eigenvalue weighted by Crippen LogP contribution is -2.38. The fraction of sp³-hybridized carbons (Fsp3) is 0.304. The zero-order chi connectivity index (χ0) is 19.8. The van der Waals surface area contributed by atoms with E-state index >= 15 is 0 Å². The number of rotatable bonds is 7. The number of nitrogens with one attached hydrogen (secondary N) is 2. The number of hydrogen-bond acceptors (Lipinski definition) is 2. The van der Waals surface area contributed by atoms with Crippen LogP contribution in [0.4, 0.5) is 0 Å². The summed E-state index contributed by atoms with van der Waals surface area (Å²) in [4.78, 5) is 8.85. The summed E-state index contributed by atoms with van der Waals surface area (Å²) in [6.45, 7) is 5.74. The summed E-state index contributed by atoms with van der Waals surface area (Å²) < 4.78 is 2.16. The molecule has 3 rings (SSSR count). The second-order valence-corrected chi connectivity index (χ2v) is 6.84. The van der Waals surface area contributed by atoms with E-state index in [4.69, 9.17) is 0 Å². The summed E-state index contributed by atoms with van der Waals surface area (Å²) in [7, 11) is 1.79. The molecule has 1 atom stereocenters. The van der Waals surface area contributed by atoms with Gasteiger partial charge >= 0.3 is 0 Å². The molecule has 0 saturated carbocycles. The second kappa shape index (κ2) is 11.6. The van der Waals surface area contributed by atoms with Crippen molar-refractivity contribution in [1.82, 2.24) is 20.2 Å². The third-order valence-electron chi connectivity index (χ3n) is 4.88. The Bertz CT molecular complexity index is 887. The summed E-state index contributed by atoms with van der Waals surface area (Å²) in [6.07, 6.45) is 4.91. The van der Waals surface area contributed by atoms with Gasteiger partial charge in [-0.1, -0.05) is 61.5 Å². The van der Waals surface area contributed by atoms with Gasteiger partial charge < -0.3 is 15.2 Å². The van der Waals surface area contributed by atoms with Crippen molar-refractivity contribution in [3.05, 3.63) is 89.5 Å². The van der Waals surface area contributed by atoms with Crippen LogP contribution in [0.2, 0.25) is 0 Å². The molecule has 0 fully saturated rings. The van der Waals surface area contributed by atoms with E-state index in [1.54, 1.807) is 7.05 Å². The molecule has 5 nitrogen and oxygen atoms in total. The van der Waals surface area contributed by atoms with Crippen molar-refractivity contribution in [2.75, 3.05) is 7.05 Å². The highest BCUT2D eigenvalue weighted by Gasteiger charge is 2.09. The molecule has 0 radical (unpaired) electrons. The van der Waals surface area contributed by atoms with E-state index in [2.05, 4.69) is 87.6 Å². The first-order chi connectivity index (χ1) is 13.7. The first-order valence-electron chi connectivity index (χ1n) is 9.79. The lowest BCUT2D eigenvalue weighted by atomic mass is 10.1. The van der Waals surface area contributed by atoms with Crippen molar-refractivity contribution in [2.24, 2.45) is 4.99 Å². The van der Waals surface area contributed by atoms with Gasteiger partial charge in [0.15, 0.2) is 5.96 Å². The van der Waals surface area contributed by atoms with Crippen molar-refractivity contribution in [3.8, 4) is 0 Å². The van der Waals surface area contributed by atoms with Crippen molar-refractivity contribution < 1.29 is 0 Å². The van der Waals surface area contributed by atoms with Crippen molar-refractivity contribution >= 4 is 29.9 Å². The minimum absolute atomic E-state index is 0. The minimum atomic E-state index is 0. The van der Waals surface area contributed by atoms with Crippen LogP contribution in [0.1, 0.15) is 42.4 Å². The molecule has 0 aliphatic rings. The molecule has 1 aromatic heterocycles. The SMILES string of the molecule is CCc1ccc(C(C)NC(=NC)NCc2nccn2Cc2ccccc2)cc1.I. The van der Waals surface area contributed by atoms with Crippen molar-refractivity contribution in [3.63, 3.8) is 0 Å². The van der Waals surface area contributed by atoms with E-state index in [9.17, 15) is 0 Å². The summed E-state index contributed by atoms with van der Waals surface area (Å²) in [6, 6.07) is 19.3. The number of benzene rings is 2. The average molecular weight is 503 g/mol. The quantitative estimate of drug-likeness (QED) is 0.283. The fourth-order valence-corrected chi connectivity index (χ4v) is 3.12. The lowest BCUT2D eigenvalue weighted by molar-refractivity contribution is 0.658. The van der Waals surface area contributed by atoms with Gasteiger partial charge in [-0.15, -0.1) is 24.0 Å². The van der Waals surface area contributed by atoms with Gasteiger partial charge in [-0.25, -0.2) is 4.98 Å². The number of aryl methyl sites for hydroxylation is 1. The van der Waals surface area contributed by atoms with Crippen LogP contribution in [0.25, 0.3) is 0 Å². The average Bonchev–Trinajstić information content (AvgIpc) is 3.18. The molecule has 0 aliphatic heterocycles. The van der Waals surface area contributed by atoms with Crippen LogP contribution in [-0.2, 0) is 19.5 Å².